The molecule has 20 heavy (non-hydrogen) atoms. The van der Waals surface area contributed by atoms with E-state index in [1.165, 1.54) is 16.7 Å². The van der Waals surface area contributed by atoms with Gasteiger partial charge in [0, 0.05) is 18.3 Å². The fourth-order valence-corrected chi connectivity index (χ4v) is 2.34. The predicted octanol–water partition coefficient (Wildman–Crippen LogP) is 2.73. The quantitative estimate of drug-likeness (QED) is 0.927. The zero-order valence-electron chi connectivity index (χ0n) is 12.6. The van der Waals surface area contributed by atoms with Crippen LogP contribution in [-0.4, -0.2) is 11.6 Å². The van der Waals surface area contributed by atoms with Crippen molar-refractivity contribution in [2.75, 3.05) is 7.05 Å². The highest BCUT2D eigenvalue weighted by Gasteiger charge is 2.12. The molecule has 0 fully saturated rings. The van der Waals surface area contributed by atoms with E-state index in [1.54, 1.807) is 4.57 Å². The van der Waals surface area contributed by atoms with Gasteiger partial charge in [0.15, 0.2) is 0 Å². The van der Waals surface area contributed by atoms with Crippen molar-refractivity contribution in [3.63, 3.8) is 0 Å². The summed E-state index contributed by atoms with van der Waals surface area (Å²) in [4.78, 5) is 12.1. The van der Waals surface area contributed by atoms with Gasteiger partial charge in [0.1, 0.15) is 0 Å². The topological polar surface area (TPSA) is 34.0 Å². The summed E-state index contributed by atoms with van der Waals surface area (Å²) < 4.78 is 1.77. The lowest BCUT2D eigenvalue weighted by Gasteiger charge is -2.19. The molecule has 0 amide bonds. The molecular formula is C17H22N2O. The SMILES string of the molecule is CNC(Cn1cccc(C)c1=O)c1ccc(C)c(C)c1. The Kier molecular flexibility index (Phi) is 4.40. The lowest BCUT2D eigenvalue weighted by molar-refractivity contribution is 0.489. The van der Waals surface area contributed by atoms with Crippen molar-refractivity contribution in [3.8, 4) is 0 Å². The first-order chi connectivity index (χ1) is 9.52. The van der Waals surface area contributed by atoms with E-state index < -0.39 is 0 Å². The number of pyridine rings is 1. The van der Waals surface area contributed by atoms with Crippen LogP contribution >= 0.6 is 0 Å². The number of aromatic nitrogens is 1. The molecule has 1 heterocycles. The molecule has 1 aromatic heterocycles. The molecule has 3 heteroatoms. The number of nitrogens with zero attached hydrogens (tertiary/aromatic N) is 1. The van der Waals surface area contributed by atoms with Gasteiger partial charge in [-0.3, -0.25) is 4.79 Å². The summed E-state index contributed by atoms with van der Waals surface area (Å²) in [6.07, 6.45) is 1.85. The first-order valence-corrected chi connectivity index (χ1v) is 6.93. The lowest BCUT2D eigenvalue weighted by atomic mass is 10.0. The summed E-state index contributed by atoms with van der Waals surface area (Å²) in [5.41, 5.74) is 4.64. The number of aryl methyl sites for hydroxylation is 3. The Bertz CT molecular complexity index is 658. The molecule has 1 N–H and O–H groups in total. The maximum absolute atomic E-state index is 12.1. The summed E-state index contributed by atoms with van der Waals surface area (Å²) in [7, 11) is 1.93. The fraction of sp³-hybridized carbons (Fsp3) is 0.353. The summed E-state index contributed by atoms with van der Waals surface area (Å²) >= 11 is 0. The second-order valence-electron chi connectivity index (χ2n) is 5.33. The molecule has 2 aromatic rings. The van der Waals surface area contributed by atoms with Crippen LogP contribution in [0.15, 0.2) is 41.3 Å². The highest BCUT2D eigenvalue weighted by atomic mass is 16.1. The van der Waals surface area contributed by atoms with Crippen LogP contribution in [-0.2, 0) is 6.54 Å². The Morgan fingerprint density at radius 3 is 2.50 bits per heavy atom. The van der Waals surface area contributed by atoms with Gasteiger partial charge in [-0.25, -0.2) is 0 Å². The largest absolute Gasteiger partial charge is 0.313 e. The molecule has 0 radical (unpaired) electrons. The van der Waals surface area contributed by atoms with Crippen molar-refractivity contribution < 1.29 is 0 Å². The Morgan fingerprint density at radius 1 is 1.10 bits per heavy atom. The molecule has 0 aliphatic carbocycles. The zero-order valence-corrected chi connectivity index (χ0v) is 12.6. The maximum atomic E-state index is 12.1. The van der Waals surface area contributed by atoms with Crippen LogP contribution in [0.3, 0.4) is 0 Å². The molecule has 0 saturated carbocycles. The monoisotopic (exact) mass is 270 g/mol. The smallest absolute Gasteiger partial charge is 0.253 e. The Morgan fingerprint density at radius 2 is 1.85 bits per heavy atom. The average Bonchev–Trinajstić information content (AvgIpc) is 2.44. The third kappa shape index (κ3) is 2.99. The van der Waals surface area contributed by atoms with E-state index in [0.29, 0.717) is 6.54 Å². The molecule has 1 aromatic carbocycles. The molecule has 0 saturated heterocycles. The summed E-state index contributed by atoms with van der Waals surface area (Å²) in [5.74, 6) is 0. The van der Waals surface area contributed by atoms with Crippen LogP contribution in [0.2, 0.25) is 0 Å². The number of benzene rings is 1. The maximum Gasteiger partial charge on any atom is 0.253 e. The predicted molar refractivity (Wildman–Crippen MR) is 83.2 cm³/mol. The van der Waals surface area contributed by atoms with Crippen LogP contribution < -0.4 is 10.9 Å². The molecule has 1 atom stereocenters. The molecule has 2 rings (SSSR count). The van der Waals surface area contributed by atoms with Crippen LogP contribution in [0.5, 0.6) is 0 Å². The van der Waals surface area contributed by atoms with Crippen LogP contribution in [0.1, 0.15) is 28.3 Å². The first-order valence-electron chi connectivity index (χ1n) is 6.93. The van der Waals surface area contributed by atoms with Gasteiger partial charge in [0.2, 0.25) is 0 Å². The number of hydrogen-bond donors (Lipinski definition) is 1. The van der Waals surface area contributed by atoms with E-state index in [0.717, 1.165) is 5.56 Å². The van der Waals surface area contributed by atoms with Crippen LogP contribution in [0.4, 0.5) is 0 Å². The summed E-state index contributed by atoms with van der Waals surface area (Å²) in [6.45, 7) is 6.71. The van der Waals surface area contributed by atoms with Gasteiger partial charge in [-0.05, 0) is 50.6 Å². The molecule has 0 bridgehead atoms. The van der Waals surface area contributed by atoms with Gasteiger partial charge in [0.05, 0.1) is 6.04 Å². The normalized spacial score (nSPS) is 12.4. The number of hydrogen-bond acceptors (Lipinski definition) is 2. The molecule has 106 valence electrons. The van der Waals surface area contributed by atoms with Gasteiger partial charge in [-0.2, -0.15) is 0 Å². The number of rotatable bonds is 4. The Labute approximate surface area is 120 Å². The first kappa shape index (κ1) is 14.5. The number of likely N-dealkylation sites (N-methyl/N-ethyl adjacent to an activating group) is 1. The third-order valence-electron chi connectivity index (χ3n) is 3.87. The zero-order chi connectivity index (χ0) is 14.7. The molecule has 1 unspecified atom stereocenters. The van der Waals surface area contributed by atoms with Gasteiger partial charge in [0.25, 0.3) is 5.56 Å². The van der Waals surface area contributed by atoms with Crippen LogP contribution in [0.25, 0.3) is 0 Å². The van der Waals surface area contributed by atoms with Crippen molar-refractivity contribution in [3.05, 3.63) is 69.1 Å². The summed E-state index contributed by atoms with van der Waals surface area (Å²) in [5, 5.41) is 3.30. The van der Waals surface area contributed by atoms with Crippen molar-refractivity contribution in [1.82, 2.24) is 9.88 Å². The second kappa shape index (κ2) is 6.06. The lowest BCUT2D eigenvalue weighted by Crippen LogP contribution is -2.29. The van der Waals surface area contributed by atoms with Crippen molar-refractivity contribution in [2.45, 2.75) is 33.4 Å². The Balaban J connectivity index is 2.31. The van der Waals surface area contributed by atoms with Gasteiger partial charge < -0.3 is 9.88 Å². The fourth-order valence-electron chi connectivity index (χ4n) is 2.34. The van der Waals surface area contributed by atoms with Gasteiger partial charge in [-0.1, -0.05) is 24.3 Å². The van der Waals surface area contributed by atoms with Crippen LogP contribution in [0, 0.1) is 20.8 Å². The molecular weight excluding hydrogens is 248 g/mol. The van der Waals surface area contributed by atoms with E-state index in [4.69, 9.17) is 0 Å². The van der Waals surface area contributed by atoms with E-state index >= 15 is 0 Å². The standard InChI is InChI=1S/C17H22N2O/c1-12-7-8-15(10-14(12)3)16(18-4)11-19-9-5-6-13(2)17(19)20/h5-10,16,18H,11H2,1-4H3. The highest BCUT2D eigenvalue weighted by molar-refractivity contribution is 5.31. The Hall–Kier alpha value is -1.87. The molecule has 0 aliphatic rings. The number of nitrogens with one attached hydrogen (secondary N) is 1. The van der Waals surface area contributed by atoms with Crippen molar-refractivity contribution in [1.29, 1.82) is 0 Å². The van der Waals surface area contributed by atoms with Gasteiger partial charge >= 0.3 is 0 Å². The minimum absolute atomic E-state index is 0.0802. The third-order valence-corrected chi connectivity index (χ3v) is 3.87. The average molecular weight is 270 g/mol. The summed E-state index contributed by atoms with van der Waals surface area (Å²) in [6, 6.07) is 10.4. The molecule has 0 aliphatic heterocycles. The van der Waals surface area contributed by atoms with E-state index in [2.05, 4.69) is 37.4 Å². The molecule has 3 nitrogen and oxygen atoms in total. The van der Waals surface area contributed by atoms with Gasteiger partial charge in [-0.15, -0.1) is 0 Å². The van der Waals surface area contributed by atoms with E-state index in [1.807, 2.05) is 32.3 Å². The minimum atomic E-state index is 0.0802. The van der Waals surface area contributed by atoms with E-state index in [-0.39, 0.29) is 11.6 Å². The van der Waals surface area contributed by atoms with E-state index in [9.17, 15) is 4.79 Å². The molecule has 0 spiro atoms. The van der Waals surface area contributed by atoms with Crippen molar-refractivity contribution >= 4 is 0 Å². The second-order valence-corrected chi connectivity index (χ2v) is 5.33. The minimum Gasteiger partial charge on any atom is -0.313 e. The van der Waals surface area contributed by atoms with Crippen molar-refractivity contribution in [2.24, 2.45) is 0 Å². The highest BCUT2D eigenvalue weighted by Crippen LogP contribution is 2.18.